The summed E-state index contributed by atoms with van der Waals surface area (Å²) in [7, 11) is 1.81. The maximum atomic E-state index is 4.10. The molecule has 0 aliphatic rings. The zero-order valence-corrected chi connectivity index (χ0v) is 6.92. The smallest absolute Gasteiger partial charge is 0.157 e. The van der Waals surface area contributed by atoms with Gasteiger partial charge in [-0.3, -0.25) is 5.10 Å². The van der Waals surface area contributed by atoms with E-state index in [1.54, 1.807) is 0 Å². The fourth-order valence-corrected chi connectivity index (χ4v) is 1.13. The predicted octanol–water partition coefficient (Wildman–Crippen LogP) is 0.703. The van der Waals surface area contributed by atoms with E-state index in [1.165, 1.54) is 6.33 Å². The summed E-state index contributed by atoms with van der Waals surface area (Å²) >= 11 is 0. The zero-order chi connectivity index (χ0) is 8.55. The summed E-state index contributed by atoms with van der Waals surface area (Å²) in [6, 6.07) is 0. The maximum Gasteiger partial charge on any atom is 0.157 e. The Morgan fingerprint density at radius 2 is 2.17 bits per heavy atom. The molecule has 2 rings (SSSR count). The monoisotopic (exact) mass is 163 g/mol. The predicted molar refractivity (Wildman–Crippen MR) is 46.0 cm³/mol. The maximum absolute atomic E-state index is 4.10. The molecule has 2 aromatic rings. The van der Waals surface area contributed by atoms with E-state index in [2.05, 4.69) is 25.5 Å². The summed E-state index contributed by atoms with van der Waals surface area (Å²) < 4.78 is 0. The molecule has 0 spiro atoms. The van der Waals surface area contributed by atoms with Gasteiger partial charge in [0.2, 0.25) is 0 Å². The quantitative estimate of drug-likeness (QED) is 0.649. The minimum Gasteiger partial charge on any atom is -0.371 e. The molecule has 0 saturated carbocycles. The van der Waals surface area contributed by atoms with Crippen LogP contribution in [0, 0.1) is 6.92 Å². The molecule has 5 heteroatoms. The number of anilines is 1. The van der Waals surface area contributed by atoms with Gasteiger partial charge in [0.15, 0.2) is 11.3 Å². The van der Waals surface area contributed by atoms with Crippen LogP contribution in [0.4, 0.5) is 5.82 Å². The van der Waals surface area contributed by atoms with E-state index in [0.717, 1.165) is 22.5 Å². The molecule has 0 aromatic carbocycles. The van der Waals surface area contributed by atoms with Crippen molar-refractivity contribution in [2.24, 2.45) is 0 Å². The first-order valence-corrected chi connectivity index (χ1v) is 3.66. The van der Waals surface area contributed by atoms with E-state index in [-0.39, 0.29) is 0 Å². The van der Waals surface area contributed by atoms with Crippen molar-refractivity contribution in [3.8, 4) is 0 Å². The van der Waals surface area contributed by atoms with Gasteiger partial charge in [0, 0.05) is 7.05 Å². The molecule has 0 radical (unpaired) electrons. The molecule has 2 heterocycles. The van der Waals surface area contributed by atoms with Crippen molar-refractivity contribution >= 4 is 16.9 Å². The molecular formula is C7H9N5. The van der Waals surface area contributed by atoms with Gasteiger partial charge >= 0.3 is 0 Å². The van der Waals surface area contributed by atoms with Crippen LogP contribution in [0.1, 0.15) is 5.69 Å². The van der Waals surface area contributed by atoms with E-state index in [4.69, 9.17) is 0 Å². The fraction of sp³-hybridized carbons (Fsp3) is 0.286. The van der Waals surface area contributed by atoms with E-state index in [0.29, 0.717) is 0 Å². The molecular weight excluding hydrogens is 154 g/mol. The van der Waals surface area contributed by atoms with Gasteiger partial charge in [0.1, 0.15) is 11.8 Å². The highest BCUT2D eigenvalue weighted by Gasteiger charge is 2.06. The molecule has 0 fully saturated rings. The fourth-order valence-electron chi connectivity index (χ4n) is 1.13. The van der Waals surface area contributed by atoms with Crippen LogP contribution in [0.3, 0.4) is 0 Å². The molecule has 0 bridgehead atoms. The summed E-state index contributed by atoms with van der Waals surface area (Å²) in [5.74, 6) is 0.754. The van der Waals surface area contributed by atoms with Crippen LogP contribution in [0.5, 0.6) is 0 Å². The third-order valence-corrected chi connectivity index (χ3v) is 1.75. The van der Waals surface area contributed by atoms with Gasteiger partial charge in [-0.05, 0) is 6.92 Å². The zero-order valence-electron chi connectivity index (χ0n) is 6.92. The highest BCUT2D eigenvalue weighted by Crippen LogP contribution is 2.17. The van der Waals surface area contributed by atoms with Crippen LogP contribution in [-0.2, 0) is 0 Å². The number of H-pyrrole nitrogens is 1. The third kappa shape index (κ3) is 0.827. The Morgan fingerprint density at radius 1 is 1.33 bits per heavy atom. The average molecular weight is 163 g/mol. The van der Waals surface area contributed by atoms with Crippen molar-refractivity contribution in [2.45, 2.75) is 6.92 Å². The molecule has 0 amide bonds. The van der Waals surface area contributed by atoms with Crippen molar-refractivity contribution in [3.05, 3.63) is 12.0 Å². The van der Waals surface area contributed by atoms with Crippen LogP contribution in [-0.4, -0.2) is 27.2 Å². The summed E-state index contributed by atoms with van der Waals surface area (Å²) in [5, 5.41) is 9.88. The number of rotatable bonds is 1. The molecule has 0 atom stereocenters. The summed E-state index contributed by atoms with van der Waals surface area (Å²) in [4.78, 5) is 8.14. The summed E-state index contributed by atoms with van der Waals surface area (Å²) in [6.45, 7) is 1.93. The number of aryl methyl sites for hydroxylation is 1. The van der Waals surface area contributed by atoms with E-state index >= 15 is 0 Å². The van der Waals surface area contributed by atoms with Crippen LogP contribution in [0.15, 0.2) is 6.33 Å². The molecule has 62 valence electrons. The molecule has 2 aromatic heterocycles. The van der Waals surface area contributed by atoms with Crippen molar-refractivity contribution in [1.29, 1.82) is 0 Å². The Hall–Kier alpha value is -1.65. The highest BCUT2D eigenvalue weighted by molar-refractivity contribution is 5.86. The SMILES string of the molecule is CNc1ncnc2c(C)[nH]nc12. The second-order valence-corrected chi connectivity index (χ2v) is 2.52. The van der Waals surface area contributed by atoms with Crippen LogP contribution in [0.2, 0.25) is 0 Å². The van der Waals surface area contributed by atoms with Gasteiger partial charge < -0.3 is 5.32 Å². The first-order valence-electron chi connectivity index (χ1n) is 3.66. The van der Waals surface area contributed by atoms with Crippen LogP contribution >= 0.6 is 0 Å². The molecule has 0 unspecified atom stereocenters. The van der Waals surface area contributed by atoms with Crippen LogP contribution in [0.25, 0.3) is 11.0 Å². The number of nitrogens with zero attached hydrogens (tertiary/aromatic N) is 3. The van der Waals surface area contributed by atoms with Crippen molar-refractivity contribution in [3.63, 3.8) is 0 Å². The molecule has 12 heavy (non-hydrogen) atoms. The lowest BCUT2D eigenvalue weighted by molar-refractivity contribution is 1.07. The lowest BCUT2D eigenvalue weighted by atomic mass is 10.3. The Balaban J connectivity index is 2.81. The van der Waals surface area contributed by atoms with E-state index < -0.39 is 0 Å². The topological polar surface area (TPSA) is 66.5 Å². The van der Waals surface area contributed by atoms with Crippen molar-refractivity contribution in [1.82, 2.24) is 20.2 Å². The van der Waals surface area contributed by atoms with E-state index in [9.17, 15) is 0 Å². The number of aromatic amines is 1. The first kappa shape index (κ1) is 7.02. The largest absolute Gasteiger partial charge is 0.371 e. The molecule has 0 saturated heterocycles. The van der Waals surface area contributed by atoms with Crippen molar-refractivity contribution < 1.29 is 0 Å². The standard InChI is InChI=1S/C7H9N5/c1-4-5-6(12-11-4)7(8-2)10-3-9-5/h3H,1-2H3,(H,11,12)(H,8,9,10). The molecule has 5 nitrogen and oxygen atoms in total. The minimum absolute atomic E-state index is 0.754. The minimum atomic E-state index is 0.754. The Bertz CT molecular complexity index is 405. The summed E-state index contributed by atoms with van der Waals surface area (Å²) in [6.07, 6.45) is 1.52. The Morgan fingerprint density at radius 3 is 2.92 bits per heavy atom. The second kappa shape index (κ2) is 2.44. The number of hydrogen-bond acceptors (Lipinski definition) is 4. The van der Waals surface area contributed by atoms with Gasteiger partial charge in [-0.25, -0.2) is 9.97 Å². The molecule has 0 aliphatic carbocycles. The lowest BCUT2D eigenvalue weighted by Crippen LogP contribution is -1.93. The lowest BCUT2D eigenvalue weighted by Gasteiger charge is -1.96. The number of aromatic nitrogens is 4. The van der Waals surface area contributed by atoms with Gasteiger partial charge in [0.05, 0.1) is 5.69 Å². The third-order valence-electron chi connectivity index (χ3n) is 1.75. The van der Waals surface area contributed by atoms with Gasteiger partial charge in [-0.2, -0.15) is 5.10 Å². The van der Waals surface area contributed by atoms with Crippen molar-refractivity contribution in [2.75, 3.05) is 12.4 Å². The first-order chi connectivity index (χ1) is 5.83. The number of hydrogen-bond donors (Lipinski definition) is 2. The van der Waals surface area contributed by atoms with Crippen LogP contribution < -0.4 is 5.32 Å². The molecule has 2 N–H and O–H groups in total. The van der Waals surface area contributed by atoms with Gasteiger partial charge in [-0.15, -0.1) is 0 Å². The Kier molecular flexibility index (Phi) is 1.43. The van der Waals surface area contributed by atoms with E-state index in [1.807, 2.05) is 14.0 Å². The second-order valence-electron chi connectivity index (χ2n) is 2.52. The molecule has 0 aliphatic heterocycles. The summed E-state index contributed by atoms with van der Waals surface area (Å²) in [5.41, 5.74) is 2.62. The highest BCUT2D eigenvalue weighted by atomic mass is 15.2. The normalized spacial score (nSPS) is 10.5. The van der Waals surface area contributed by atoms with Gasteiger partial charge in [-0.1, -0.05) is 0 Å². The average Bonchev–Trinajstić information content (AvgIpc) is 2.48. The number of nitrogens with one attached hydrogen (secondary N) is 2. The Labute approximate surface area is 69.2 Å². The van der Waals surface area contributed by atoms with Gasteiger partial charge in [0.25, 0.3) is 0 Å². The number of fused-ring (bicyclic) bond motifs is 1.